The van der Waals surface area contributed by atoms with Crippen molar-refractivity contribution in [2.24, 2.45) is 0 Å². The second-order valence-electron chi connectivity index (χ2n) is 9.40. The first kappa shape index (κ1) is 32.3. The number of hydrogen-bond acceptors (Lipinski definition) is 6. The van der Waals surface area contributed by atoms with Crippen LogP contribution in [0, 0.1) is 0 Å². The molecule has 0 radical (unpaired) electrons. The van der Waals surface area contributed by atoms with Crippen LogP contribution < -0.4 is 16.0 Å². The number of carbonyl (C=O) groups is 3. The summed E-state index contributed by atoms with van der Waals surface area (Å²) in [5.41, 5.74) is 3.04. The molecule has 3 amide bonds. The maximum atomic E-state index is 13.3. The molecule has 3 N–H and O–H groups in total. The van der Waals surface area contributed by atoms with Crippen LogP contribution in [0.3, 0.4) is 0 Å². The molecule has 0 aliphatic rings. The van der Waals surface area contributed by atoms with E-state index in [2.05, 4.69) is 20.9 Å². The van der Waals surface area contributed by atoms with E-state index in [9.17, 15) is 14.4 Å². The van der Waals surface area contributed by atoms with Gasteiger partial charge in [0.15, 0.2) is 5.13 Å². The summed E-state index contributed by atoms with van der Waals surface area (Å²) in [4.78, 5) is 44.0. The molecule has 4 aromatic carbocycles. The third-order valence-corrected chi connectivity index (χ3v) is 8.75. The lowest BCUT2D eigenvalue weighted by Crippen LogP contribution is -2.30. The number of hydrogen-bond donors (Lipinski definition) is 3. The normalized spacial score (nSPS) is 11.1. The van der Waals surface area contributed by atoms with E-state index in [0.29, 0.717) is 37.0 Å². The van der Waals surface area contributed by atoms with Crippen molar-refractivity contribution in [2.45, 2.75) is 4.90 Å². The Kier molecular flexibility index (Phi) is 10.9. The molecule has 45 heavy (non-hydrogen) atoms. The van der Waals surface area contributed by atoms with Crippen molar-refractivity contribution in [3.63, 3.8) is 0 Å². The van der Waals surface area contributed by atoms with E-state index in [-0.39, 0.29) is 17.4 Å². The molecular formula is C33H23Cl3N4O3S2. The lowest BCUT2D eigenvalue weighted by Gasteiger charge is -2.12. The van der Waals surface area contributed by atoms with Gasteiger partial charge in [0.1, 0.15) is 5.70 Å². The molecule has 0 atom stereocenters. The van der Waals surface area contributed by atoms with Crippen LogP contribution in [-0.2, 0) is 9.59 Å². The highest BCUT2D eigenvalue weighted by Crippen LogP contribution is 2.27. The van der Waals surface area contributed by atoms with Crippen molar-refractivity contribution in [2.75, 3.05) is 16.4 Å². The molecule has 0 fully saturated rings. The molecule has 0 aliphatic heterocycles. The Morgan fingerprint density at radius 2 is 1.53 bits per heavy atom. The quantitative estimate of drug-likeness (QED) is 0.100. The fourth-order valence-corrected chi connectivity index (χ4v) is 5.96. The van der Waals surface area contributed by atoms with Crippen LogP contribution in [0.25, 0.3) is 17.3 Å². The molecule has 0 saturated heterocycles. The van der Waals surface area contributed by atoms with Crippen LogP contribution in [0.2, 0.25) is 15.1 Å². The Hall–Kier alpha value is -4.12. The Balaban J connectivity index is 1.20. The molecule has 0 unspecified atom stereocenters. The van der Waals surface area contributed by atoms with Gasteiger partial charge in [-0.3, -0.25) is 14.4 Å². The van der Waals surface area contributed by atoms with Gasteiger partial charge in [-0.15, -0.1) is 23.1 Å². The number of nitrogens with one attached hydrogen (secondary N) is 3. The summed E-state index contributed by atoms with van der Waals surface area (Å²) < 4.78 is 0. The van der Waals surface area contributed by atoms with Gasteiger partial charge in [-0.1, -0.05) is 71.2 Å². The van der Waals surface area contributed by atoms with Crippen LogP contribution in [0.4, 0.5) is 10.8 Å². The summed E-state index contributed by atoms with van der Waals surface area (Å²) in [5, 5.41) is 12.1. The minimum absolute atomic E-state index is 0.00963. The topological polar surface area (TPSA) is 100 Å². The summed E-state index contributed by atoms with van der Waals surface area (Å²) >= 11 is 21.0. The predicted octanol–water partition coefficient (Wildman–Crippen LogP) is 8.91. The molecule has 226 valence electrons. The van der Waals surface area contributed by atoms with Gasteiger partial charge in [-0.25, -0.2) is 4.98 Å². The number of benzene rings is 4. The molecule has 0 aliphatic carbocycles. The first-order valence-corrected chi connectivity index (χ1v) is 16.3. The zero-order chi connectivity index (χ0) is 31.8. The van der Waals surface area contributed by atoms with Gasteiger partial charge in [0.2, 0.25) is 5.91 Å². The van der Waals surface area contributed by atoms with Crippen LogP contribution in [0.1, 0.15) is 15.9 Å². The standard InChI is InChI=1S/C33H23Cl3N4O3S2/c34-23-9-6-20(7-10-23)29-18-45-33(39-29)40-30(41)19-44-26-14-12-25(13-15-26)37-32(43)28(16-22-8-11-24(35)17-27(22)36)38-31(42)21-4-2-1-3-5-21/h1-18H,19H2,(H,37,43)(H,38,42)(H,39,40,41)/b28-16-. The first-order chi connectivity index (χ1) is 21.7. The summed E-state index contributed by atoms with van der Waals surface area (Å²) in [6.45, 7) is 0. The number of nitrogens with zero attached hydrogens (tertiary/aromatic N) is 1. The van der Waals surface area contributed by atoms with Gasteiger partial charge in [0, 0.05) is 42.2 Å². The number of rotatable bonds is 10. The van der Waals surface area contributed by atoms with Gasteiger partial charge >= 0.3 is 0 Å². The van der Waals surface area contributed by atoms with Crippen molar-refractivity contribution >= 4 is 92.5 Å². The fraction of sp³-hybridized carbons (Fsp3) is 0.0303. The Bertz CT molecular complexity index is 1860. The number of thiazole rings is 1. The molecule has 0 spiro atoms. The average Bonchev–Trinajstić information content (AvgIpc) is 3.50. The molecule has 0 bridgehead atoms. The molecule has 1 aromatic heterocycles. The Morgan fingerprint density at radius 3 is 2.24 bits per heavy atom. The molecular weight excluding hydrogens is 671 g/mol. The number of thioether (sulfide) groups is 1. The smallest absolute Gasteiger partial charge is 0.272 e. The maximum Gasteiger partial charge on any atom is 0.272 e. The second kappa shape index (κ2) is 15.2. The Labute approximate surface area is 282 Å². The van der Waals surface area contributed by atoms with E-state index in [0.717, 1.165) is 16.2 Å². The predicted molar refractivity (Wildman–Crippen MR) is 185 cm³/mol. The number of amides is 3. The van der Waals surface area contributed by atoms with E-state index in [1.54, 1.807) is 84.9 Å². The fourth-order valence-electron chi connectivity index (χ4n) is 3.94. The van der Waals surface area contributed by atoms with Gasteiger partial charge in [0.05, 0.1) is 11.4 Å². The largest absolute Gasteiger partial charge is 0.321 e. The van der Waals surface area contributed by atoms with Crippen LogP contribution in [-0.4, -0.2) is 28.5 Å². The SMILES string of the molecule is O=C(CSc1ccc(NC(=O)/C(=C/c2ccc(Cl)cc2Cl)NC(=O)c2ccccc2)cc1)Nc1nc(-c2ccc(Cl)cc2)cs1. The van der Waals surface area contributed by atoms with E-state index in [4.69, 9.17) is 34.8 Å². The molecule has 5 aromatic rings. The molecule has 12 heteroatoms. The van der Waals surface area contributed by atoms with Crippen molar-refractivity contribution < 1.29 is 14.4 Å². The number of halogens is 3. The van der Waals surface area contributed by atoms with E-state index in [1.807, 2.05) is 17.5 Å². The number of carbonyl (C=O) groups excluding carboxylic acids is 3. The second-order valence-corrected chi connectivity index (χ2v) is 12.6. The number of anilines is 2. The molecule has 0 saturated carbocycles. The third kappa shape index (κ3) is 9.20. The summed E-state index contributed by atoms with van der Waals surface area (Å²) in [7, 11) is 0. The van der Waals surface area contributed by atoms with Gasteiger partial charge in [0.25, 0.3) is 11.8 Å². The monoisotopic (exact) mass is 692 g/mol. The molecule has 5 rings (SSSR count). The van der Waals surface area contributed by atoms with Crippen molar-refractivity contribution in [3.8, 4) is 11.3 Å². The summed E-state index contributed by atoms with van der Waals surface area (Å²) in [5.74, 6) is -1.03. The maximum absolute atomic E-state index is 13.3. The van der Waals surface area contributed by atoms with Gasteiger partial charge < -0.3 is 16.0 Å². The van der Waals surface area contributed by atoms with Crippen molar-refractivity contribution in [1.82, 2.24) is 10.3 Å². The average molecular weight is 694 g/mol. The number of aromatic nitrogens is 1. The highest BCUT2D eigenvalue weighted by molar-refractivity contribution is 8.00. The zero-order valence-electron chi connectivity index (χ0n) is 23.2. The van der Waals surface area contributed by atoms with E-state index in [1.165, 1.54) is 29.2 Å². The van der Waals surface area contributed by atoms with E-state index < -0.39 is 11.8 Å². The summed E-state index contributed by atoms with van der Waals surface area (Å²) in [6.07, 6.45) is 1.48. The minimum Gasteiger partial charge on any atom is -0.321 e. The zero-order valence-corrected chi connectivity index (χ0v) is 27.1. The third-order valence-electron chi connectivity index (χ3n) is 6.16. The van der Waals surface area contributed by atoms with Crippen molar-refractivity contribution in [3.05, 3.63) is 134 Å². The minimum atomic E-state index is -0.550. The van der Waals surface area contributed by atoms with Crippen molar-refractivity contribution in [1.29, 1.82) is 0 Å². The van der Waals surface area contributed by atoms with Crippen LogP contribution in [0.5, 0.6) is 0 Å². The first-order valence-electron chi connectivity index (χ1n) is 13.3. The summed E-state index contributed by atoms with van der Waals surface area (Å²) in [6, 6.07) is 27.7. The lowest BCUT2D eigenvalue weighted by molar-refractivity contribution is -0.114. The molecule has 1 heterocycles. The van der Waals surface area contributed by atoms with Gasteiger partial charge in [-0.05, 0) is 72.3 Å². The highest BCUT2D eigenvalue weighted by Gasteiger charge is 2.16. The van der Waals surface area contributed by atoms with Crippen LogP contribution >= 0.6 is 57.9 Å². The highest BCUT2D eigenvalue weighted by atomic mass is 35.5. The van der Waals surface area contributed by atoms with Gasteiger partial charge in [-0.2, -0.15) is 0 Å². The van der Waals surface area contributed by atoms with Crippen LogP contribution in [0.15, 0.2) is 113 Å². The lowest BCUT2D eigenvalue weighted by atomic mass is 10.1. The Morgan fingerprint density at radius 1 is 0.822 bits per heavy atom. The van der Waals surface area contributed by atoms with E-state index >= 15 is 0 Å². The molecule has 7 nitrogen and oxygen atoms in total.